The van der Waals surface area contributed by atoms with E-state index < -0.39 is 0 Å². The van der Waals surface area contributed by atoms with Crippen molar-refractivity contribution in [2.75, 3.05) is 14.2 Å². The summed E-state index contributed by atoms with van der Waals surface area (Å²) in [4.78, 5) is 26.4. The third kappa shape index (κ3) is 2.80. The maximum Gasteiger partial charge on any atom is 0.337 e. The standard InChI is InChI=1S/C20H21NO3/c1-13-6-4-5-7-16(13)19(22)21(2)18-11-10-14-8-9-15(12-17(14)18)20(23)24-3/h4-9,12,18H,10-11H2,1-3H3/t18-/m1/s1. The molecule has 0 spiro atoms. The fraction of sp³-hybridized carbons (Fsp3) is 0.300. The van der Waals surface area contributed by atoms with Gasteiger partial charge < -0.3 is 9.64 Å². The molecule has 4 nitrogen and oxygen atoms in total. The van der Waals surface area contributed by atoms with Crippen molar-refractivity contribution in [2.24, 2.45) is 0 Å². The van der Waals surface area contributed by atoms with Gasteiger partial charge >= 0.3 is 5.97 Å². The monoisotopic (exact) mass is 323 g/mol. The van der Waals surface area contributed by atoms with Gasteiger partial charge in [-0.1, -0.05) is 24.3 Å². The molecule has 0 aliphatic heterocycles. The summed E-state index contributed by atoms with van der Waals surface area (Å²) in [5.74, 6) is -0.342. The molecule has 0 fully saturated rings. The number of carbonyl (C=O) groups excluding carboxylic acids is 2. The summed E-state index contributed by atoms with van der Waals surface area (Å²) in [5.41, 5.74) is 4.45. The molecule has 0 aromatic heterocycles. The topological polar surface area (TPSA) is 46.6 Å². The molecule has 4 heteroatoms. The second-order valence-electron chi connectivity index (χ2n) is 6.19. The number of benzene rings is 2. The lowest BCUT2D eigenvalue weighted by molar-refractivity contribution is 0.0600. The number of carbonyl (C=O) groups is 2. The van der Waals surface area contributed by atoms with Crippen LogP contribution in [0, 0.1) is 6.92 Å². The first-order valence-electron chi connectivity index (χ1n) is 8.07. The Kier molecular flexibility index (Phi) is 4.38. The van der Waals surface area contributed by atoms with Crippen LogP contribution in [-0.4, -0.2) is 30.9 Å². The lowest BCUT2D eigenvalue weighted by atomic mass is 10.0. The molecule has 1 aliphatic rings. The van der Waals surface area contributed by atoms with Crippen LogP contribution in [0.5, 0.6) is 0 Å². The normalized spacial score (nSPS) is 15.7. The Bertz CT molecular complexity index is 797. The van der Waals surface area contributed by atoms with Crippen LogP contribution in [0.15, 0.2) is 42.5 Å². The van der Waals surface area contributed by atoms with Crippen molar-refractivity contribution in [3.63, 3.8) is 0 Å². The Balaban J connectivity index is 1.91. The number of amides is 1. The zero-order valence-corrected chi connectivity index (χ0v) is 14.2. The molecule has 0 heterocycles. The van der Waals surface area contributed by atoms with E-state index in [0.717, 1.165) is 29.5 Å². The van der Waals surface area contributed by atoms with Gasteiger partial charge in [0, 0.05) is 12.6 Å². The molecule has 0 saturated heterocycles. The Hall–Kier alpha value is -2.62. The van der Waals surface area contributed by atoms with Gasteiger partial charge in [-0.25, -0.2) is 4.79 Å². The molecular formula is C20H21NO3. The first-order valence-corrected chi connectivity index (χ1v) is 8.07. The van der Waals surface area contributed by atoms with Crippen molar-refractivity contribution < 1.29 is 14.3 Å². The van der Waals surface area contributed by atoms with Gasteiger partial charge in [-0.15, -0.1) is 0 Å². The van der Waals surface area contributed by atoms with Crippen LogP contribution in [0.3, 0.4) is 0 Å². The molecule has 1 atom stereocenters. The SMILES string of the molecule is COC(=O)c1ccc2c(c1)[C@H](N(C)C(=O)c1ccccc1C)CC2. The van der Waals surface area contributed by atoms with E-state index in [9.17, 15) is 9.59 Å². The van der Waals surface area contributed by atoms with Crippen LogP contribution in [0.2, 0.25) is 0 Å². The lowest BCUT2D eigenvalue weighted by Crippen LogP contribution is -2.30. The van der Waals surface area contributed by atoms with Crippen LogP contribution < -0.4 is 0 Å². The van der Waals surface area contributed by atoms with Gasteiger partial charge in [0.15, 0.2) is 0 Å². The van der Waals surface area contributed by atoms with Gasteiger partial charge in [-0.2, -0.15) is 0 Å². The van der Waals surface area contributed by atoms with Crippen molar-refractivity contribution in [2.45, 2.75) is 25.8 Å². The van der Waals surface area contributed by atoms with Crippen LogP contribution in [0.4, 0.5) is 0 Å². The van der Waals surface area contributed by atoms with Crippen molar-refractivity contribution >= 4 is 11.9 Å². The summed E-state index contributed by atoms with van der Waals surface area (Å²) < 4.78 is 4.80. The highest BCUT2D eigenvalue weighted by Gasteiger charge is 2.30. The van der Waals surface area contributed by atoms with E-state index in [-0.39, 0.29) is 17.9 Å². The number of nitrogens with zero attached hydrogens (tertiary/aromatic N) is 1. The van der Waals surface area contributed by atoms with Gasteiger partial charge in [0.25, 0.3) is 5.91 Å². The molecule has 124 valence electrons. The van der Waals surface area contributed by atoms with Crippen molar-refractivity contribution in [3.05, 3.63) is 70.3 Å². The summed E-state index contributed by atoms with van der Waals surface area (Å²) in [6.45, 7) is 1.94. The average Bonchev–Trinajstić information content (AvgIpc) is 3.03. The average molecular weight is 323 g/mol. The molecule has 2 aromatic rings. The van der Waals surface area contributed by atoms with E-state index in [2.05, 4.69) is 0 Å². The molecule has 0 bridgehead atoms. The molecule has 0 radical (unpaired) electrons. The molecule has 3 rings (SSSR count). The number of ether oxygens (including phenoxy) is 1. The Morgan fingerprint density at radius 1 is 1.17 bits per heavy atom. The van der Waals surface area contributed by atoms with Gasteiger partial charge in [0.1, 0.15) is 0 Å². The molecule has 24 heavy (non-hydrogen) atoms. The second kappa shape index (κ2) is 6.48. The highest BCUT2D eigenvalue weighted by atomic mass is 16.5. The predicted molar refractivity (Wildman–Crippen MR) is 92.1 cm³/mol. The van der Waals surface area contributed by atoms with Crippen LogP contribution >= 0.6 is 0 Å². The third-order valence-corrected chi connectivity index (χ3v) is 4.78. The van der Waals surface area contributed by atoms with Gasteiger partial charge in [-0.05, 0) is 54.7 Å². The quantitative estimate of drug-likeness (QED) is 0.812. The minimum absolute atomic E-state index is 0.00872. The van der Waals surface area contributed by atoms with E-state index >= 15 is 0 Å². The molecule has 2 aromatic carbocycles. The summed E-state index contributed by atoms with van der Waals surface area (Å²) >= 11 is 0. The zero-order valence-electron chi connectivity index (χ0n) is 14.2. The highest BCUT2D eigenvalue weighted by Crippen LogP contribution is 2.36. The second-order valence-corrected chi connectivity index (χ2v) is 6.19. The Labute approximate surface area is 142 Å². The minimum atomic E-state index is -0.351. The van der Waals surface area contributed by atoms with Crippen LogP contribution in [0.1, 0.15) is 49.9 Å². The summed E-state index contributed by atoms with van der Waals surface area (Å²) in [5, 5.41) is 0. The molecule has 1 amide bonds. The number of aryl methyl sites for hydroxylation is 2. The Morgan fingerprint density at radius 3 is 2.62 bits per heavy atom. The van der Waals surface area contributed by atoms with E-state index in [1.54, 1.807) is 11.0 Å². The van der Waals surface area contributed by atoms with E-state index in [0.29, 0.717) is 5.56 Å². The molecule has 0 N–H and O–H groups in total. The number of methoxy groups -OCH3 is 1. The van der Waals surface area contributed by atoms with Crippen LogP contribution in [-0.2, 0) is 11.2 Å². The van der Waals surface area contributed by atoms with Crippen molar-refractivity contribution in [1.29, 1.82) is 0 Å². The molecule has 0 unspecified atom stereocenters. The molecule has 0 saturated carbocycles. The summed E-state index contributed by atoms with van der Waals surface area (Å²) in [6.07, 6.45) is 1.78. The zero-order chi connectivity index (χ0) is 17.3. The maximum absolute atomic E-state index is 12.9. The molecule has 1 aliphatic carbocycles. The van der Waals surface area contributed by atoms with Gasteiger partial charge in [0.05, 0.1) is 18.7 Å². The maximum atomic E-state index is 12.9. The number of hydrogen-bond donors (Lipinski definition) is 0. The number of esters is 1. The predicted octanol–water partition coefficient (Wildman–Crippen LogP) is 3.54. The highest BCUT2D eigenvalue weighted by molar-refractivity contribution is 5.96. The van der Waals surface area contributed by atoms with Crippen molar-refractivity contribution in [3.8, 4) is 0 Å². The summed E-state index contributed by atoms with van der Waals surface area (Å²) in [7, 11) is 3.21. The van der Waals surface area contributed by atoms with Gasteiger partial charge in [0.2, 0.25) is 0 Å². The lowest BCUT2D eigenvalue weighted by Gasteiger charge is -2.26. The fourth-order valence-electron chi connectivity index (χ4n) is 3.37. The first-order chi connectivity index (χ1) is 11.5. The first kappa shape index (κ1) is 16.2. The van der Waals surface area contributed by atoms with E-state index in [1.165, 1.54) is 12.7 Å². The fourth-order valence-corrected chi connectivity index (χ4v) is 3.37. The summed E-state index contributed by atoms with van der Waals surface area (Å²) in [6, 6.07) is 13.2. The van der Waals surface area contributed by atoms with E-state index in [1.807, 2.05) is 50.4 Å². The Morgan fingerprint density at radius 2 is 1.92 bits per heavy atom. The smallest absolute Gasteiger partial charge is 0.337 e. The third-order valence-electron chi connectivity index (χ3n) is 4.78. The largest absolute Gasteiger partial charge is 0.465 e. The van der Waals surface area contributed by atoms with E-state index in [4.69, 9.17) is 4.74 Å². The van der Waals surface area contributed by atoms with Crippen LogP contribution in [0.25, 0.3) is 0 Å². The molecular weight excluding hydrogens is 302 g/mol. The van der Waals surface area contributed by atoms with Gasteiger partial charge in [-0.3, -0.25) is 4.79 Å². The number of hydrogen-bond acceptors (Lipinski definition) is 3. The number of fused-ring (bicyclic) bond motifs is 1. The van der Waals surface area contributed by atoms with Crippen molar-refractivity contribution in [1.82, 2.24) is 4.90 Å². The number of rotatable bonds is 3. The minimum Gasteiger partial charge on any atom is -0.465 e.